The molecule has 0 aliphatic carbocycles. The van der Waals surface area contributed by atoms with Crippen LogP contribution in [0.15, 0.2) is 36.7 Å². The Morgan fingerprint density at radius 2 is 2.35 bits per heavy atom. The van der Waals surface area contributed by atoms with Gasteiger partial charge in [0.15, 0.2) is 0 Å². The molecule has 0 aliphatic heterocycles. The van der Waals surface area contributed by atoms with Crippen LogP contribution in [0.2, 0.25) is 0 Å². The average Bonchev–Trinajstić information content (AvgIpc) is 2.86. The van der Waals surface area contributed by atoms with Crippen LogP contribution in [-0.2, 0) is 22.5 Å². The molecule has 1 aromatic carbocycles. The highest BCUT2D eigenvalue weighted by atomic mass is 16.5. The van der Waals surface area contributed by atoms with Crippen LogP contribution >= 0.6 is 0 Å². The maximum absolute atomic E-state index is 11.6. The van der Waals surface area contributed by atoms with E-state index >= 15 is 0 Å². The van der Waals surface area contributed by atoms with Crippen molar-refractivity contribution in [2.45, 2.75) is 19.9 Å². The summed E-state index contributed by atoms with van der Waals surface area (Å²) in [5, 5.41) is 12.6. The van der Waals surface area contributed by atoms with E-state index in [1.807, 2.05) is 31.2 Å². The van der Waals surface area contributed by atoms with Crippen molar-refractivity contribution in [2.75, 3.05) is 6.61 Å². The number of rotatable bonds is 5. The summed E-state index contributed by atoms with van der Waals surface area (Å²) in [6, 6.07) is 10.0. The fraction of sp³-hybridized carbons (Fsp3) is 0.267. The second-order valence-electron chi connectivity index (χ2n) is 4.50. The van der Waals surface area contributed by atoms with Gasteiger partial charge in [-0.15, -0.1) is 0 Å². The molecule has 0 N–H and O–H groups in total. The van der Waals surface area contributed by atoms with Gasteiger partial charge in [0, 0.05) is 12.6 Å². The van der Waals surface area contributed by atoms with Gasteiger partial charge in [-0.25, -0.2) is 0 Å². The first-order chi connectivity index (χ1) is 9.67. The quantitative estimate of drug-likeness (QED) is 0.777. The van der Waals surface area contributed by atoms with Crippen LogP contribution in [0.1, 0.15) is 16.7 Å². The zero-order valence-corrected chi connectivity index (χ0v) is 11.2. The van der Waals surface area contributed by atoms with Crippen molar-refractivity contribution < 1.29 is 9.53 Å². The molecule has 1 aromatic heterocycles. The molecule has 1 heterocycles. The molecule has 0 fully saturated rings. The Balaban J connectivity index is 1.77. The molecule has 2 rings (SSSR count). The number of hydrogen-bond acceptors (Lipinski definition) is 4. The van der Waals surface area contributed by atoms with Gasteiger partial charge >= 0.3 is 5.97 Å². The molecule has 0 radical (unpaired) electrons. The van der Waals surface area contributed by atoms with Crippen molar-refractivity contribution >= 4 is 5.97 Å². The first-order valence-electron chi connectivity index (χ1n) is 6.31. The maximum atomic E-state index is 11.6. The number of aryl methyl sites for hydroxylation is 1. The van der Waals surface area contributed by atoms with Crippen molar-refractivity contribution in [1.82, 2.24) is 9.78 Å². The van der Waals surface area contributed by atoms with Gasteiger partial charge in [0.25, 0.3) is 0 Å². The van der Waals surface area contributed by atoms with E-state index < -0.39 is 0 Å². The highest BCUT2D eigenvalue weighted by molar-refractivity contribution is 5.69. The van der Waals surface area contributed by atoms with E-state index in [9.17, 15) is 4.79 Å². The van der Waals surface area contributed by atoms with Crippen LogP contribution in [0.3, 0.4) is 0 Å². The number of carbonyl (C=O) groups excluding carboxylic acids is 1. The molecule has 2 aromatic rings. The zero-order chi connectivity index (χ0) is 14.4. The summed E-state index contributed by atoms with van der Waals surface area (Å²) in [7, 11) is 0. The van der Waals surface area contributed by atoms with Crippen LogP contribution in [-0.4, -0.2) is 22.4 Å². The third-order valence-electron chi connectivity index (χ3n) is 2.79. The Labute approximate surface area is 117 Å². The van der Waals surface area contributed by atoms with Crippen LogP contribution in [0.25, 0.3) is 0 Å². The van der Waals surface area contributed by atoms with Gasteiger partial charge in [0.2, 0.25) is 0 Å². The summed E-state index contributed by atoms with van der Waals surface area (Å²) in [5.74, 6) is -0.356. The Kier molecular flexibility index (Phi) is 4.51. The van der Waals surface area contributed by atoms with Crippen molar-refractivity contribution in [3.05, 3.63) is 53.3 Å². The molecule has 102 valence electrons. The normalized spacial score (nSPS) is 10.0. The Morgan fingerprint density at radius 3 is 3.05 bits per heavy atom. The molecule has 0 saturated heterocycles. The molecule has 5 heteroatoms. The number of nitrogens with zero attached hydrogens (tertiary/aromatic N) is 3. The molecular weight excluding hydrogens is 254 g/mol. The first kappa shape index (κ1) is 13.8. The number of benzene rings is 1. The molecule has 20 heavy (non-hydrogen) atoms. The van der Waals surface area contributed by atoms with E-state index in [2.05, 4.69) is 11.2 Å². The van der Waals surface area contributed by atoms with E-state index in [0.29, 0.717) is 18.6 Å². The SMILES string of the molecule is Cc1cccc(CCOC(=O)Cn2cc(C#N)cn2)c1. The third kappa shape index (κ3) is 3.95. The molecule has 0 spiro atoms. The lowest BCUT2D eigenvalue weighted by molar-refractivity contribution is -0.144. The Bertz CT molecular complexity index is 641. The van der Waals surface area contributed by atoms with Crippen LogP contribution in [0, 0.1) is 18.3 Å². The second-order valence-corrected chi connectivity index (χ2v) is 4.50. The minimum atomic E-state index is -0.356. The van der Waals surface area contributed by atoms with Crippen LogP contribution < -0.4 is 0 Å². The topological polar surface area (TPSA) is 67.9 Å². The molecule has 0 unspecified atom stereocenters. The number of nitriles is 1. The van der Waals surface area contributed by atoms with Crippen LogP contribution in [0.5, 0.6) is 0 Å². The van der Waals surface area contributed by atoms with Gasteiger partial charge in [-0.3, -0.25) is 9.48 Å². The lowest BCUT2D eigenvalue weighted by Crippen LogP contribution is -2.15. The third-order valence-corrected chi connectivity index (χ3v) is 2.79. The largest absolute Gasteiger partial charge is 0.464 e. The number of carbonyl (C=O) groups is 1. The minimum absolute atomic E-state index is 0.0233. The number of aromatic nitrogens is 2. The summed E-state index contributed by atoms with van der Waals surface area (Å²) in [6.45, 7) is 2.39. The summed E-state index contributed by atoms with van der Waals surface area (Å²) >= 11 is 0. The molecule has 0 amide bonds. The molecule has 5 nitrogen and oxygen atoms in total. The van der Waals surface area contributed by atoms with Gasteiger partial charge in [0.1, 0.15) is 12.6 Å². The van der Waals surface area contributed by atoms with E-state index in [0.717, 1.165) is 5.56 Å². The number of ether oxygens (including phenoxy) is 1. The highest BCUT2D eigenvalue weighted by Gasteiger charge is 2.06. The van der Waals surface area contributed by atoms with Crippen molar-refractivity contribution in [3.8, 4) is 6.07 Å². The molecule has 0 atom stereocenters. The van der Waals surface area contributed by atoms with Crippen molar-refractivity contribution in [1.29, 1.82) is 5.26 Å². The lowest BCUT2D eigenvalue weighted by atomic mass is 10.1. The monoisotopic (exact) mass is 269 g/mol. The van der Waals surface area contributed by atoms with Gasteiger partial charge < -0.3 is 4.74 Å². The second kappa shape index (κ2) is 6.53. The average molecular weight is 269 g/mol. The molecule has 0 saturated carbocycles. The van der Waals surface area contributed by atoms with Gasteiger partial charge in [-0.05, 0) is 12.5 Å². The summed E-state index contributed by atoms with van der Waals surface area (Å²) < 4.78 is 6.55. The minimum Gasteiger partial charge on any atom is -0.464 e. The van der Waals surface area contributed by atoms with Crippen LogP contribution in [0.4, 0.5) is 0 Å². The molecule has 0 bridgehead atoms. The molecular formula is C15H15N3O2. The van der Waals surface area contributed by atoms with E-state index in [1.165, 1.54) is 22.6 Å². The molecule has 0 aliphatic rings. The van der Waals surface area contributed by atoms with Gasteiger partial charge in [0.05, 0.1) is 18.4 Å². The number of hydrogen-bond donors (Lipinski definition) is 0. The summed E-state index contributed by atoms with van der Waals surface area (Å²) in [4.78, 5) is 11.6. The predicted octanol–water partition coefficient (Wildman–Crippen LogP) is 1.85. The Morgan fingerprint density at radius 1 is 1.50 bits per heavy atom. The van der Waals surface area contributed by atoms with Crippen molar-refractivity contribution in [2.24, 2.45) is 0 Å². The van der Waals surface area contributed by atoms with E-state index in [-0.39, 0.29) is 12.5 Å². The predicted molar refractivity (Wildman–Crippen MR) is 72.8 cm³/mol. The zero-order valence-electron chi connectivity index (χ0n) is 11.2. The highest BCUT2D eigenvalue weighted by Crippen LogP contribution is 2.05. The van der Waals surface area contributed by atoms with E-state index in [4.69, 9.17) is 10.00 Å². The first-order valence-corrected chi connectivity index (χ1v) is 6.31. The van der Waals surface area contributed by atoms with Gasteiger partial charge in [-0.1, -0.05) is 29.8 Å². The number of esters is 1. The smallest absolute Gasteiger partial charge is 0.327 e. The van der Waals surface area contributed by atoms with E-state index in [1.54, 1.807) is 0 Å². The van der Waals surface area contributed by atoms with Crippen molar-refractivity contribution in [3.63, 3.8) is 0 Å². The lowest BCUT2D eigenvalue weighted by Gasteiger charge is -2.05. The fourth-order valence-electron chi connectivity index (χ4n) is 1.84. The summed E-state index contributed by atoms with van der Waals surface area (Å²) in [5.41, 5.74) is 2.76. The Hall–Kier alpha value is -2.61. The fourth-order valence-corrected chi connectivity index (χ4v) is 1.84. The van der Waals surface area contributed by atoms with Gasteiger partial charge in [-0.2, -0.15) is 10.4 Å². The summed E-state index contributed by atoms with van der Waals surface area (Å²) in [6.07, 6.45) is 3.62. The standard InChI is InChI=1S/C15H15N3O2/c1-12-3-2-4-13(7-12)5-6-20-15(19)11-18-10-14(8-16)9-17-18/h2-4,7,9-10H,5-6,11H2,1H3. The maximum Gasteiger partial charge on any atom is 0.327 e.